The third kappa shape index (κ3) is 4.87. The number of pyridine rings is 2. The lowest BCUT2D eigenvalue weighted by Crippen LogP contribution is -2.52. The van der Waals surface area contributed by atoms with Gasteiger partial charge in [0.1, 0.15) is 11.6 Å². The number of hydrogen-bond donors (Lipinski definition) is 1. The summed E-state index contributed by atoms with van der Waals surface area (Å²) in [5.41, 5.74) is 1.13. The highest BCUT2D eigenvalue weighted by Gasteiger charge is 2.20. The summed E-state index contributed by atoms with van der Waals surface area (Å²) in [4.78, 5) is 20.5. The van der Waals surface area contributed by atoms with E-state index >= 15 is 0 Å². The molecule has 0 saturated carbocycles. The second-order valence-electron chi connectivity index (χ2n) is 6.71. The summed E-state index contributed by atoms with van der Waals surface area (Å²) in [6, 6.07) is 10.1. The van der Waals surface area contributed by atoms with E-state index in [1.165, 1.54) is 0 Å². The largest absolute Gasteiger partial charge is 0.362 e. The van der Waals surface area contributed by atoms with E-state index in [1.807, 2.05) is 49.6 Å². The number of rotatable bonds is 5. The molecule has 1 N–H and O–H groups in total. The van der Waals surface area contributed by atoms with Crippen LogP contribution in [0.25, 0.3) is 0 Å². The Morgan fingerprint density at radius 1 is 1.07 bits per heavy atom. The van der Waals surface area contributed by atoms with Gasteiger partial charge in [0.15, 0.2) is 5.96 Å². The van der Waals surface area contributed by atoms with Crippen LogP contribution in [-0.4, -0.2) is 67.6 Å². The SMILES string of the molecule is CCNC(=NCc1cccnc1N(C)C)N1CCN(c2ccccn2)CC1. The molecule has 3 rings (SSSR count). The van der Waals surface area contributed by atoms with Crippen LogP contribution in [0.4, 0.5) is 11.6 Å². The number of aromatic nitrogens is 2. The highest BCUT2D eigenvalue weighted by atomic mass is 15.4. The summed E-state index contributed by atoms with van der Waals surface area (Å²) in [5.74, 6) is 2.98. The Kier molecular flexibility index (Phi) is 6.46. The second kappa shape index (κ2) is 9.21. The molecule has 0 radical (unpaired) electrons. The number of piperazine rings is 1. The van der Waals surface area contributed by atoms with Gasteiger partial charge >= 0.3 is 0 Å². The molecule has 0 spiro atoms. The molecule has 144 valence electrons. The van der Waals surface area contributed by atoms with Gasteiger partial charge in [0, 0.05) is 64.8 Å². The Morgan fingerprint density at radius 3 is 2.52 bits per heavy atom. The Bertz CT molecular complexity index is 737. The van der Waals surface area contributed by atoms with Gasteiger partial charge in [-0.3, -0.25) is 0 Å². The van der Waals surface area contributed by atoms with Crippen molar-refractivity contribution in [2.24, 2.45) is 4.99 Å². The highest BCUT2D eigenvalue weighted by Crippen LogP contribution is 2.16. The molecule has 0 atom stereocenters. The van der Waals surface area contributed by atoms with Crippen molar-refractivity contribution in [1.29, 1.82) is 0 Å². The summed E-state index contributed by atoms with van der Waals surface area (Å²) in [5, 5.41) is 3.43. The van der Waals surface area contributed by atoms with E-state index in [1.54, 1.807) is 0 Å². The summed E-state index contributed by atoms with van der Waals surface area (Å²) < 4.78 is 0. The fourth-order valence-electron chi connectivity index (χ4n) is 3.23. The molecule has 27 heavy (non-hydrogen) atoms. The normalized spacial score (nSPS) is 15.0. The van der Waals surface area contributed by atoms with E-state index in [4.69, 9.17) is 4.99 Å². The molecule has 1 saturated heterocycles. The maximum Gasteiger partial charge on any atom is 0.194 e. The van der Waals surface area contributed by atoms with Crippen LogP contribution in [0.15, 0.2) is 47.7 Å². The van der Waals surface area contributed by atoms with E-state index in [9.17, 15) is 0 Å². The van der Waals surface area contributed by atoms with Gasteiger partial charge in [-0.2, -0.15) is 0 Å². The standard InChI is InChI=1S/C20H29N7/c1-4-21-20(24-16-17-8-7-11-23-19(17)25(2)3)27-14-12-26(13-15-27)18-9-5-6-10-22-18/h5-11H,4,12-16H2,1-3H3,(H,21,24). The first-order valence-corrected chi connectivity index (χ1v) is 9.49. The van der Waals surface area contributed by atoms with Gasteiger partial charge in [-0.15, -0.1) is 0 Å². The number of anilines is 2. The average molecular weight is 368 g/mol. The van der Waals surface area contributed by atoms with Crippen LogP contribution in [-0.2, 0) is 6.54 Å². The minimum Gasteiger partial charge on any atom is -0.362 e. The molecule has 7 heteroatoms. The van der Waals surface area contributed by atoms with Crippen LogP contribution in [0.5, 0.6) is 0 Å². The summed E-state index contributed by atoms with van der Waals surface area (Å²) in [6.07, 6.45) is 3.67. The monoisotopic (exact) mass is 367 g/mol. The van der Waals surface area contributed by atoms with Gasteiger partial charge in [-0.25, -0.2) is 15.0 Å². The molecular weight excluding hydrogens is 338 g/mol. The predicted octanol–water partition coefficient (Wildman–Crippen LogP) is 1.83. The molecule has 3 heterocycles. The fraction of sp³-hybridized carbons (Fsp3) is 0.450. The van der Waals surface area contributed by atoms with Gasteiger partial charge in [0.2, 0.25) is 0 Å². The zero-order chi connectivity index (χ0) is 19.1. The van der Waals surface area contributed by atoms with Gasteiger partial charge in [-0.1, -0.05) is 12.1 Å². The van der Waals surface area contributed by atoms with Crippen molar-refractivity contribution in [3.05, 3.63) is 48.3 Å². The van der Waals surface area contributed by atoms with E-state index in [2.05, 4.69) is 44.1 Å². The molecule has 0 bridgehead atoms. The average Bonchev–Trinajstić information content (AvgIpc) is 2.72. The molecule has 1 fully saturated rings. The minimum absolute atomic E-state index is 0.615. The second-order valence-corrected chi connectivity index (χ2v) is 6.71. The molecule has 0 aromatic carbocycles. The van der Waals surface area contributed by atoms with Crippen LogP contribution in [0.1, 0.15) is 12.5 Å². The first kappa shape index (κ1) is 18.9. The first-order valence-electron chi connectivity index (χ1n) is 9.49. The molecule has 2 aromatic heterocycles. The minimum atomic E-state index is 0.615. The summed E-state index contributed by atoms with van der Waals surface area (Å²) in [7, 11) is 4.02. The van der Waals surface area contributed by atoms with E-state index in [-0.39, 0.29) is 0 Å². The van der Waals surface area contributed by atoms with Crippen LogP contribution in [0.2, 0.25) is 0 Å². The molecule has 7 nitrogen and oxygen atoms in total. The van der Waals surface area contributed by atoms with Crippen molar-refractivity contribution in [1.82, 2.24) is 20.2 Å². The van der Waals surface area contributed by atoms with Gasteiger partial charge in [0.25, 0.3) is 0 Å². The molecule has 0 amide bonds. The quantitative estimate of drug-likeness (QED) is 0.643. The Labute approximate surface area is 161 Å². The summed E-state index contributed by atoms with van der Waals surface area (Å²) in [6.45, 7) is 7.31. The van der Waals surface area contributed by atoms with Crippen molar-refractivity contribution in [2.75, 3.05) is 56.6 Å². The zero-order valence-electron chi connectivity index (χ0n) is 16.5. The Balaban J connectivity index is 1.67. The van der Waals surface area contributed by atoms with E-state index < -0.39 is 0 Å². The smallest absolute Gasteiger partial charge is 0.194 e. The molecule has 2 aromatic rings. The van der Waals surface area contributed by atoms with Crippen molar-refractivity contribution in [3.63, 3.8) is 0 Å². The van der Waals surface area contributed by atoms with Crippen molar-refractivity contribution in [2.45, 2.75) is 13.5 Å². The van der Waals surface area contributed by atoms with Crippen molar-refractivity contribution >= 4 is 17.6 Å². The van der Waals surface area contributed by atoms with Crippen LogP contribution >= 0.6 is 0 Å². The van der Waals surface area contributed by atoms with Crippen LogP contribution in [0, 0.1) is 0 Å². The maximum absolute atomic E-state index is 4.88. The third-order valence-corrected chi connectivity index (χ3v) is 4.58. The number of aliphatic imine (C=N–C) groups is 1. The number of guanidine groups is 1. The van der Waals surface area contributed by atoms with Gasteiger partial charge in [0.05, 0.1) is 6.54 Å². The summed E-state index contributed by atoms with van der Waals surface area (Å²) >= 11 is 0. The first-order chi connectivity index (χ1) is 13.2. The van der Waals surface area contributed by atoms with E-state index in [0.29, 0.717) is 6.54 Å². The predicted molar refractivity (Wildman–Crippen MR) is 111 cm³/mol. The highest BCUT2D eigenvalue weighted by molar-refractivity contribution is 5.80. The van der Waals surface area contributed by atoms with Crippen LogP contribution < -0.4 is 15.1 Å². The number of nitrogens with zero attached hydrogens (tertiary/aromatic N) is 6. The van der Waals surface area contributed by atoms with Gasteiger partial charge < -0.3 is 20.0 Å². The lowest BCUT2D eigenvalue weighted by Gasteiger charge is -2.37. The third-order valence-electron chi connectivity index (χ3n) is 4.58. The lowest BCUT2D eigenvalue weighted by atomic mass is 10.2. The molecule has 0 unspecified atom stereocenters. The topological polar surface area (TPSA) is 59.9 Å². The van der Waals surface area contributed by atoms with Crippen molar-refractivity contribution < 1.29 is 0 Å². The zero-order valence-corrected chi connectivity index (χ0v) is 16.5. The fourth-order valence-corrected chi connectivity index (χ4v) is 3.23. The van der Waals surface area contributed by atoms with Crippen molar-refractivity contribution in [3.8, 4) is 0 Å². The molecular formula is C20H29N7. The number of hydrogen-bond acceptors (Lipinski definition) is 5. The van der Waals surface area contributed by atoms with Crippen LogP contribution in [0.3, 0.4) is 0 Å². The molecule has 1 aliphatic rings. The molecule has 0 aliphatic carbocycles. The lowest BCUT2D eigenvalue weighted by molar-refractivity contribution is 0.371. The Hall–Kier alpha value is -2.83. The molecule has 1 aliphatic heterocycles. The van der Waals surface area contributed by atoms with E-state index in [0.717, 1.165) is 55.9 Å². The Morgan fingerprint density at radius 2 is 1.85 bits per heavy atom. The maximum atomic E-state index is 4.88. The number of nitrogens with one attached hydrogen (secondary N) is 1. The van der Waals surface area contributed by atoms with Gasteiger partial charge in [-0.05, 0) is 25.1 Å².